The summed E-state index contributed by atoms with van der Waals surface area (Å²) in [5.74, 6) is 1.42. The molecule has 0 radical (unpaired) electrons. The fourth-order valence-electron chi connectivity index (χ4n) is 2.93. The van der Waals surface area contributed by atoms with Crippen LogP contribution in [0.5, 0.6) is 5.75 Å². The first kappa shape index (κ1) is 15.4. The fourth-order valence-corrected chi connectivity index (χ4v) is 3.26. The molecule has 0 aliphatic carbocycles. The first-order valence-electron chi connectivity index (χ1n) is 7.86. The molecular weight excluding hydrogens is 298 g/mol. The lowest BCUT2D eigenvalue weighted by molar-refractivity contribution is 0.340. The molecule has 0 saturated carbocycles. The predicted molar refractivity (Wildman–Crippen MR) is 88.6 cm³/mol. The Morgan fingerprint density at radius 1 is 1.45 bits per heavy atom. The molecule has 1 aromatic carbocycles. The Kier molecular flexibility index (Phi) is 5.01. The molecule has 22 heavy (non-hydrogen) atoms. The maximum atomic E-state index is 6.19. The van der Waals surface area contributed by atoms with Crippen LogP contribution >= 0.6 is 11.6 Å². The van der Waals surface area contributed by atoms with E-state index in [2.05, 4.69) is 28.7 Å². The number of hydrogen-bond donors (Lipinski definition) is 1. The lowest BCUT2D eigenvalue weighted by Crippen LogP contribution is -2.33. The third kappa shape index (κ3) is 3.81. The van der Waals surface area contributed by atoms with Gasteiger partial charge in [-0.15, -0.1) is 11.6 Å². The van der Waals surface area contributed by atoms with Crippen LogP contribution in [0.4, 0.5) is 0 Å². The first-order chi connectivity index (χ1) is 10.7. The van der Waals surface area contributed by atoms with Crippen LogP contribution < -0.4 is 10.1 Å². The number of halogens is 1. The second-order valence-electron chi connectivity index (χ2n) is 5.69. The van der Waals surface area contributed by atoms with Crippen molar-refractivity contribution >= 4 is 11.6 Å². The van der Waals surface area contributed by atoms with E-state index in [9.17, 15) is 0 Å². The van der Waals surface area contributed by atoms with Crippen molar-refractivity contribution in [1.29, 1.82) is 0 Å². The normalized spacial score (nSPS) is 21.7. The molecule has 2 aromatic rings. The van der Waals surface area contributed by atoms with Gasteiger partial charge in [0, 0.05) is 6.20 Å². The van der Waals surface area contributed by atoms with Gasteiger partial charge in [0.2, 0.25) is 0 Å². The van der Waals surface area contributed by atoms with Gasteiger partial charge >= 0.3 is 0 Å². The largest absolute Gasteiger partial charge is 0.494 e. The molecule has 4 nitrogen and oxygen atoms in total. The van der Waals surface area contributed by atoms with Crippen LogP contribution in [0.1, 0.15) is 36.8 Å². The zero-order valence-electron chi connectivity index (χ0n) is 12.8. The molecule has 1 saturated heterocycles. The molecule has 0 amide bonds. The summed E-state index contributed by atoms with van der Waals surface area (Å²) < 4.78 is 7.54. The zero-order valence-corrected chi connectivity index (χ0v) is 13.6. The van der Waals surface area contributed by atoms with Crippen LogP contribution in [0, 0.1) is 0 Å². The molecule has 1 aliphatic rings. The number of piperidine rings is 1. The van der Waals surface area contributed by atoms with Crippen molar-refractivity contribution in [2.75, 3.05) is 13.2 Å². The van der Waals surface area contributed by atoms with E-state index >= 15 is 0 Å². The summed E-state index contributed by atoms with van der Waals surface area (Å²) in [7, 11) is 0. The molecule has 1 aromatic heterocycles. The Morgan fingerprint density at radius 3 is 3.18 bits per heavy atom. The number of ether oxygens (including phenoxy) is 1. The number of hydrogen-bond acceptors (Lipinski definition) is 3. The second-order valence-corrected chi connectivity index (χ2v) is 6.22. The highest BCUT2D eigenvalue weighted by Crippen LogP contribution is 2.28. The van der Waals surface area contributed by atoms with Crippen LogP contribution in [0.2, 0.25) is 0 Å². The number of aromatic nitrogens is 2. The Bertz CT molecular complexity index is 613. The Hall–Kier alpha value is -1.52. The number of benzene rings is 1. The van der Waals surface area contributed by atoms with Crippen molar-refractivity contribution in [3.8, 4) is 5.75 Å². The van der Waals surface area contributed by atoms with Crippen molar-refractivity contribution in [2.24, 2.45) is 0 Å². The van der Waals surface area contributed by atoms with Gasteiger partial charge in [0.25, 0.3) is 0 Å². The van der Waals surface area contributed by atoms with E-state index < -0.39 is 0 Å². The Balaban J connectivity index is 1.67. The molecule has 0 bridgehead atoms. The van der Waals surface area contributed by atoms with Crippen LogP contribution in [-0.4, -0.2) is 28.4 Å². The van der Waals surface area contributed by atoms with Gasteiger partial charge in [-0.3, -0.25) is 4.68 Å². The predicted octanol–water partition coefficient (Wildman–Crippen LogP) is 3.36. The molecule has 5 heteroatoms. The van der Waals surface area contributed by atoms with E-state index in [-0.39, 0.29) is 5.50 Å². The smallest absolute Gasteiger partial charge is 0.119 e. The van der Waals surface area contributed by atoms with Crippen molar-refractivity contribution in [2.45, 2.75) is 37.7 Å². The summed E-state index contributed by atoms with van der Waals surface area (Å²) in [5.41, 5.74) is 2.55. The van der Waals surface area contributed by atoms with Crippen LogP contribution in [0.15, 0.2) is 36.7 Å². The average molecular weight is 320 g/mol. The molecule has 118 valence electrons. The quantitative estimate of drug-likeness (QED) is 0.678. The van der Waals surface area contributed by atoms with Gasteiger partial charge in [0.05, 0.1) is 24.8 Å². The third-order valence-electron chi connectivity index (χ3n) is 4.03. The van der Waals surface area contributed by atoms with Gasteiger partial charge in [-0.25, -0.2) is 0 Å². The highest BCUT2D eigenvalue weighted by Gasteiger charge is 2.22. The lowest BCUT2D eigenvalue weighted by Gasteiger charge is -2.25. The van der Waals surface area contributed by atoms with Crippen molar-refractivity contribution < 1.29 is 4.74 Å². The minimum absolute atomic E-state index is 0.0741. The topological polar surface area (TPSA) is 39.1 Å². The standard InChI is InChI=1S/C17H22ClN3O/c1-2-22-16-5-3-4-13(8-16)11-21-12-15(10-20-21)14-6-7-19-17(18)9-14/h3-5,8,10,12,14,17,19H,2,6-7,9,11H2,1H3. The molecule has 1 fully saturated rings. The molecule has 2 heterocycles. The summed E-state index contributed by atoms with van der Waals surface area (Å²) in [6.45, 7) is 4.41. The van der Waals surface area contributed by atoms with Gasteiger partial charge in [-0.05, 0) is 55.5 Å². The fraction of sp³-hybridized carbons (Fsp3) is 0.471. The summed E-state index contributed by atoms with van der Waals surface area (Å²) in [4.78, 5) is 0. The average Bonchev–Trinajstić information content (AvgIpc) is 2.96. The van der Waals surface area contributed by atoms with E-state index in [0.717, 1.165) is 31.7 Å². The number of rotatable bonds is 5. The summed E-state index contributed by atoms with van der Waals surface area (Å²) >= 11 is 6.19. The van der Waals surface area contributed by atoms with Crippen LogP contribution in [0.3, 0.4) is 0 Å². The third-order valence-corrected chi connectivity index (χ3v) is 4.36. The summed E-state index contributed by atoms with van der Waals surface area (Å²) in [6, 6.07) is 8.18. The molecule has 1 N–H and O–H groups in total. The van der Waals surface area contributed by atoms with Gasteiger partial charge in [-0.1, -0.05) is 12.1 Å². The van der Waals surface area contributed by atoms with Gasteiger partial charge in [0.15, 0.2) is 0 Å². The van der Waals surface area contributed by atoms with Crippen molar-refractivity contribution in [3.05, 3.63) is 47.8 Å². The summed E-state index contributed by atoms with van der Waals surface area (Å²) in [6.07, 6.45) is 6.21. The van der Waals surface area contributed by atoms with Gasteiger partial charge in [-0.2, -0.15) is 5.10 Å². The maximum absolute atomic E-state index is 6.19. The van der Waals surface area contributed by atoms with Crippen LogP contribution in [0.25, 0.3) is 0 Å². The minimum atomic E-state index is 0.0741. The van der Waals surface area contributed by atoms with Gasteiger partial charge in [0.1, 0.15) is 5.75 Å². The number of nitrogens with one attached hydrogen (secondary N) is 1. The van der Waals surface area contributed by atoms with Crippen molar-refractivity contribution in [3.63, 3.8) is 0 Å². The monoisotopic (exact) mass is 319 g/mol. The maximum Gasteiger partial charge on any atom is 0.119 e. The minimum Gasteiger partial charge on any atom is -0.494 e. The molecule has 3 rings (SSSR count). The number of alkyl halides is 1. The molecular formula is C17H22ClN3O. The highest BCUT2D eigenvalue weighted by atomic mass is 35.5. The van der Waals surface area contributed by atoms with E-state index in [1.807, 2.05) is 29.9 Å². The van der Waals surface area contributed by atoms with Crippen LogP contribution in [-0.2, 0) is 6.54 Å². The molecule has 0 spiro atoms. The summed E-state index contributed by atoms with van der Waals surface area (Å²) in [5, 5.41) is 7.77. The Morgan fingerprint density at radius 2 is 2.36 bits per heavy atom. The SMILES string of the molecule is CCOc1cccc(Cn2cc(C3CCNC(Cl)C3)cn2)c1. The molecule has 2 atom stereocenters. The Labute approximate surface area is 136 Å². The van der Waals surface area contributed by atoms with Crippen molar-refractivity contribution in [1.82, 2.24) is 15.1 Å². The first-order valence-corrected chi connectivity index (χ1v) is 8.30. The molecule has 1 aliphatic heterocycles. The van der Waals surface area contributed by atoms with E-state index in [1.54, 1.807) is 0 Å². The van der Waals surface area contributed by atoms with Gasteiger partial charge < -0.3 is 10.1 Å². The van der Waals surface area contributed by atoms with E-state index in [0.29, 0.717) is 12.5 Å². The van der Waals surface area contributed by atoms with E-state index in [1.165, 1.54) is 11.1 Å². The molecule has 2 unspecified atom stereocenters. The second kappa shape index (κ2) is 7.16. The number of nitrogens with zero attached hydrogens (tertiary/aromatic N) is 2. The highest BCUT2D eigenvalue weighted by molar-refractivity contribution is 6.20. The van der Waals surface area contributed by atoms with E-state index in [4.69, 9.17) is 16.3 Å². The lowest BCUT2D eigenvalue weighted by atomic mass is 9.92. The zero-order chi connectivity index (χ0) is 15.4.